The largest absolute Gasteiger partial charge is 0.339 e. The maximum atomic E-state index is 5.36. The van der Waals surface area contributed by atoms with E-state index in [9.17, 15) is 0 Å². The molecule has 0 aliphatic rings. The van der Waals surface area contributed by atoms with Gasteiger partial charge in [-0.25, -0.2) is 0 Å². The summed E-state index contributed by atoms with van der Waals surface area (Å²) in [6, 6.07) is 7.49. The summed E-state index contributed by atoms with van der Waals surface area (Å²) in [5.41, 5.74) is 4.18. The molecule has 15 heavy (non-hydrogen) atoms. The van der Waals surface area contributed by atoms with E-state index >= 15 is 0 Å². The van der Waals surface area contributed by atoms with E-state index in [4.69, 9.17) is 10.4 Å². The normalized spacial score (nSPS) is 9.47. The van der Waals surface area contributed by atoms with Gasteiger partial charge in [-0.15, -0.1) is 12.4 Å². The van der Waals surface area contributed by atoms with Crippen molar-refractivity contribution in [1.82, 2.24) is 10.1 Å². The van der Waals surface area contributed by atoms with Gasteiger partial charge in [0.1, 0.15) is 0 Å². The summed E-state index contributed by atoms with van der Waals surface area (Å²) in [6.07, 6.45) is 0. The van der Waals surface area contributed by atoms with Gasteiger partial charge in [0, 0.05) is 12.5 Å². The molecule has 5 nitrogen and oxygen atoms in total. The monoisotopic (exact) mass is 226 g/mol. The number of benzene rings is 1. The lowest BCUT2D eigenvalue weighted by Crippen LogP contribution is -2.07. The number of nitrogens with zero attached hydrogens (tertiary/aromatic N) is 2. The second-order valence-corrected chi connectivity index (χ2v) is 2.83. The van der Waals surface area contributed by atoms with Crippen LogP contribution in [-0.2, 0) is 0 Å². The Morgan fingerprint density at radius 2 is 2.07 bits per heavy atom. The summed E-state index contributed by atoms with van der Waals surface area (Å²) in [5, 5.41) is 3.81. The van der Waals surface area contributed by atoms with Gasteiger partial charge in [-0.2, -0.15) is 4.98 Å². The summed E-state index contributed by atoms with van der Waals surface area (Å²) in [6.45, 7) is 1.75. The predicted molar refractivity (Wildman–Crippen MR) is 59.5 cm³/mol. The van der Waals surface area contributed by atoms with E-state index in [1.165, 1.54) is 0 Å². The van der Waals surface area contributed by atoms with E-state index in [0.29, 0.717) is 11.7 Å². The molecule has 0 aliphatic carbocycles. The number of hydrogen-bond acceptors (Lipinski definition) is 5. The average Bonchev–Trinajstić information content (AvgIpc) is 2.65. The maximum Gasteiger partial charge on any atom is 0.223 e. The average molecular weight is 227 g/mol. The van der Waals surface area contributed by atoms with Gasteiger partial charge in [0.2, 0.25) is 11.7 Å². The summed E-state index contributed by atoms with van der Waals surface area (Å²) in [7, 11) is 0. The van der Waals surface area contributed by atoms with Crippen LogP contribution in [0.4, 0.5) is 5.69 Å². The minimum absolute atomic E-state index is 0. The summed E-state index contributed by atoms with van der Waals surface area (Å²) in [4.78, 5) is 4.12. The van der Waals surface area contributed by atoms with Crippen LogP contribution >= 0.6 is 12.4 Å². The molecule has 0 fully saturated rings. The van der Waals surface area contributed by atoms with Gasteiger partial charge < -0.3 is 9.95 Å². The van der Waals surface area contributed by atoms with Crippen LogP contribution in [0.15, 0.2) is 28.8 Å². The van der Waals surface area contributed by atoms with Gasteiger partial charge in [0.05, 0.1) is 5.69 Å². The van der Waals surface area contributed by atoms with Crippen molar-refractivity contribution in [3.8, 4) is 11.4 Å². The molecule has 80 valence electrons. The standard InChI is InChI=1S/C9H10N4O.ClH/c1-6-11-9(13-14-6)7-4-2-3-5-8(7)12-10;/h2-5,12H,10H2,1H3;1H. The van der Waals surface area contributed by atoms with Crippen LogP contribution in [-0.4, -0.2) is 10.1 Å². The first kappa shape index (κ1) is 11.5. The van der Waals surface area contributed by atoms with Crippen LogP contribution in [0.25, 0.3) is 11.4 Å². The Hall–Kier alpha value is -1.59. The highest BCUT2D eigenvalue weighted by Crippen LogP contribution is 2.23. The second kappa shape index (κ2) is 4.77. The van der Waals surface area contributed by atoms with E-state index in [2.05, 4.69) is 15.6 Å². The molecule has 0 aliphatic heterocycles. The number of nitrogens with two attached hydrogens (primary N) is 1. The molecule has 6 heteroatoms. The third-order valence-corrected chi connectivity index (χ3v) is 1.85. The highest BCUT2D eigenvalue weighted by Gasteiger charge is 2.08. The Balaban J connectivity index is 0.00000112. The fourth-order valence-corrected chi connectivity index (χ4v) is 1.21. The molecule has 0 saturated heterocycles. The van der Waals surface area contributed by atoms with Crippen molar-refractivity contribution < 1.29 is 4.52 Å². The van der Waals surface area contributed by atoms with Gasteiger partial charge in [-0.3, -0.25) is 5.84 Å². The molecule has 0 radical (unpaired) electrons. The number of para-hydroxylation sites is 1. The maximum absolute atomic E-state index is 5.36. The summed E-state index contributed by atoms with van der Waals surface area (Å²) >= 11 is 0. The lowest BCUT2D eigenvalue weighted by Gasteiger charge is -2.03. The Morgan fingerprint density at radius 3 is 2.67 bits per heavy atom. The van der Waals surface area contributed by atoms with Crippen molar-refractivity contribution in [3.05, 3.63) is 30.2 Å². The van der Waals surface area contributed by atoms with Gasteiger partial charge >= 0.3 is 0 Å². The van der Waals surface area contributed by atoms with Crippen molar-refractivity contribution in [2.75, 3.05) is 5.43 Å². The van der Waals surface area contributed by atoms with Crippen LogP contribution < -0.4 is 11.3 Å². The van der Waals surface area contributed by atoms with Gasteiger partial charge in [0.15, 0.2) is 0 Å². The number of aryl methyl sites for hydroxylation is 1. The van der Waals surface area contributed by atoms with Crippen molar-refractivity contribution in [2.45, 2.75) is 6.92 Å². The van der Waals surface area contributed by atoms with Gasteiger partial charge in [-0.05, 0) is 12.1 Å². The number of nitrogens with one attached hydrogen (secondary N) is 1. The third kappa shape index (κ3) is 2.26. The third-order valence-electron chi connectivity index (χ3n) is 1.85. The van der Waals surface area contributed by atoms with Crippen LogP contribution in [0.5, 0.6) is 0 Å². The molecule has 1 aromatic heterocycles. The van der Waals surface area contributed by atoms with E-state index in [0.717, 1.165) is 11.3 Å². The van der Waals surface area contributed by atoms with E-state index in [1.54, 1.807) is 6.92 Å². The first-order valence-corrected chi connectivity index (χ1v) is 4.17. The van der Waals surface area contributed by atoms with Crippen molar-refractivity contribution >= 4 is 18.1 Å². The number of rotatable bonds is 2. The molecule has 2 rings (SSSR count). The number of hydrogen-bond donors (Lipinski definition) is 2. The molecule has 0 bridgehead atoms. The molecule has 2 aromatic rings. The van der Waals surface area contributed by atoms with Crippen molar-refractivity contribution in [2.24, 2.45) is 5.84 Å². The smallest absolute Gasteiger partial charge is 0.223 e. The molecule has 0 atom stereocenters. The second-order valence-electron chi connectivity index (χ2n) is 2.83. The van der Waals surface area contributed by atoms with Crippen LogP contribution in [0, 0.1) is 6.92 Å². The van der Waals surface area contributed by atoms with Crippen LogP contribution in [0.3, 0.4) is 0 Å². The highest BCUT2D eigenvalue weighted by molar-refractivity contribution is 5.85. The predicted octanol–water partition coefficient (Wildman–Crippen LogP) is 1.75. The Labute approximate surface area is 93.1 Å². The first-order valence-electron chi connectivity index (χ1n) is 4.17. The highest BCUT2D eigenvalue weighted by atomic mass is 35.5. The SMILES string of the molecule is Cc1nc(-c2ccccc2NN)no1.Cl. The molecule has 3 N–H and O–H groups in total. The van der Waals surface area contributed by atoms with Gasteiger partial charge in [0.25, 0.3) is 0 Å². The molecule has 0 spiro atoms. The number of halogens is 1. The molecular weight excluding hydrogens is 216 g/mol. The fourth-order valence-electron chi connectivity index (χ4n) is 1.21. The molecule has 0 unspecified atom stereocenters. The quantitative estimate of drug-likeness (QED) is 0.603. The van der Waals surface area contributed by atoms with Crippen LogP contribution in [0.2, 0.25) is 0 Å². The minimum atomic E-state index is 0. The lowest BCUT2D eigenvalue weighted by molar-refractivity contribution is 0.394. The Morgan fingerprint density at radius 1 is 1.33 bits per heavy atom. The van der Waals surface area contributed by atoms with E-state index < -0.39 is 0 Å². The zero-order valence-electron chi connectivity index (χ0n) is 8.10. The zero-order valence-corrected chi connectivity index (χ0v) is 8.91. The topological polar surface area (TPSA) is 77.0 Å². The van der Waals surface area contributed by atoms with Crippen molar-refractivity contribution in [1.29, 1.82) is 0 Å². The molecule has 0 saturated carbocycles. The summed E-state index contributed by atoms with van der Waals surface area (Å²) < 4.78 is 4.89. The Kier molecular flexibility index (Phi) is 3.65. The van der Waals surface area contributed by atoms with E-state index in [-0.39, 0.29) is 12.4 Å². The zero-order chi connectivity index (χ0) is 9.97. The lowest BCUT2D eigenvalue weighted by atomic mass is 10.2. The van der Waals surface area contributed by atoms with Crippen LogP contribution in [0.1, 0.15) is 5.89 Å². The number of hydrazine groups is 1. The number of aromatic nitrogens is 2. The number of anilines is 1. The molecular formula is C9H11ClN4O. The number of nitrogen functional groups attached to an aromatic ring is 1. The van der Waals surface area contributed by atoms with Crippen molar-refractivity contribution in [3.63, 3.8) is 0 Å². The summed E-state index contributed by atoms with van der Waals surface area (Å²) in [5.74, 6) is 6.43. The van der Waals surface area contributed by atoms with Gasteiger partial charge in [-0.1, -0.05) is 17.3 Å². The molecule has 0 amide bonds. The Bertz CT molecular complexity index is 443. The first-order chi connectivity index (χ1) is 6.81. The minimum Gasteiger partial charge on any atom is -0.339 e. The van der Waals surface area contributed by atoms with E-state index in [1.807, 2.05) is 24.3 Å². The fraction of sp³-hybridized carbons (Fsp3) is 0.111. The molecule has 1 heterocycles. The molecule has 1 aromatic carbocycles.